The van der Waals surface area contributed by atoms with Gasteiger partial charge in [-0.25, -0.2) is 0 Å². The number of nitrogens with zero attached hydrogens (tertiary/aromatic N) is 1. The van der Waals surface area contributed by atoms with Crippen LogP contribution in [0.3, 0.4) is 0 Å². The molecule has 0 atom stereocenters. The lowest BCUT2D eigenvalue weighted by molar-refractivity contribution is 0.443. The first-order valence-electron chi connectivity index (χ1n) is 6.46. The molecular weight excluding hydrogens is 378 g/mol. The predicted octanol–water partition coefficient (Wildman–Crippen LogP) is 6.32. The zero-order valence-corrected chi connectivity index (χ0v) is 14.5. The van der Waals surface area contributed by atoms with Crippen LogP contribution in [0.5, 0.6) is 0 Å². The van der Waals surface area contributed by atoms with Gasteiger partial charge >= 0.3 is 0 Å². The third kappa shape index (κ3) is 3.36. The second kappa shape index (κ2) is 7.06. The van der Waals surface area contributed by atoms with Crippen LogP contribution in [0.15, 0.2) is 12.1 Å². The lowest BCUT2D eigenvalue weighted by atomic mass is 10.1. The van der Waals surface area contributed by atoms with E-state index in [4.69, 9.17) is 4.52 Å². The fourth-order valence-electron chi connectivity index (χ4n) is 2.08. The van der Waals surface area contributed by atoms with E-state index >= 15 is 0 Å². The highest BCUT2D eigenvalue weighted by molar-refractivity contribution is 9.12. The number of thiophene rings is 1. The van der Waals surface area contributed by atoms with Crippen LogP contribution in [0.1, 0.15) is 51.1 Å². The largest absolute Gasteiger partial charge is 0.354 e. The van der Waals surface area contributed by atoms with Crippen LogP contribution in [0.4, 0.5) is 0 Å². The van der Waals surface area contributed by atoms with Crippen LogP contribution in [0.25, 0.3) is 11.0 Å². The molecule has 2 aromatic heterocycles. The molecule has 0 bridgehead atoms. The molecule has 0 aliphatic carbocycles. The fraction of sp³-hybridized carbons (Fsp3) is 0.615. The van der Waals surface area contributed by atoms with Crippen LogP contribution >= 0.6 is 43.2 Å². The number of hydrogen-bond acceptors (Lipinski definition) is 3. The Bertz CT molecular complexity index is 506. The Hall–Kier alpha value is 0.130. The Morgan fingerprint density at radius 3 is 2.56 bits per heavy atom. The molecule has 100 valence electrons. The van der Waals surface area contributed by atoms with E-state index in [-0.39, 0.29) is 0 Å². The molecule has 2 aromatic rings. The summed E-state index contributed by atoms with van der Waals surface area (Å²) in [5.74, 6) is 0. The van der Waals surface area contributed by atoms with Crippen molar-refractivity contribution in [3.05, 3.63) is 13.3 Å². The van der Waals surface area contributed by atoms with E-state index in [1.54, 1.807) is 11.3 Å². The van der Waals surface area contributed by atoms with Gasteiger partial charge in [0.25, 0.3) is 0 Å². The molecule has 0 aromatic carbocycles. The molecule has 0 saturated heterocycles. The first-order chi connectivity index (χ1) is 8.74. The highest BCUT2D eigenvalue weighted by Gasteiger charge is 2.17. The number of aromatic nitrogens is 1. The van der Waals surface area contributed by atoms with Crippen molar-refractivity contribution in [1.29, 1.82) is 0 Å². The number of rotatable bonds is 7. The first-order valence-corrected chi connectivity index (χ1v) is 8.86. The number of unbranched alkanes of at least 4 members (excludes halogenated alkanes) is 5. The Morgan fingerprint density at radius 2 is 1.78 bits per heavy atom. The molecule has 0 N–H and O–H groups in total. The van der Waals surface area contributed by atoms with Gasteiger partial charge in [-0.1, -0.05) is 44.2 Å². The molecule has 2 nitrogen and oxygen atoms in total. The van der Waals surface area contributed by atoms with Gasteiger partial charge in [-0.3, -0.25) is 0 Å². The van der Waals surface area contributed by atoms with Crippen molar-refractivity contribution < 1.29 is 4.52 Å². The minimum absolute atomic E-state index is 0.882. The monoisotopic (exact) mass is 393 g/mol. The van der Waals surface area contributed by atoms with Gasteiger partial charge in [0, 0.05) is 0 Å². The maximum Gasteiger partial charge on any atom is 0.193 e. The first kappa shape index (κ1) is 14.5. The van der Waals surface area contributed by atoms with Crippen molar-refractivity contribution in [3.63, 3.8) is 0 Å². The molecule has 0 unspecified atom stereocenters. The van der Waals surface area contributed by atoms with Gasteiger partial charge in [0.05, 0.1) is 14.9 Å². The van der Waals surface area contributed by atoms with Crippen molar-refractivity contribution in [3.8, 4) is 0 Å². The Morgan fingerprint density at radius 1 is 1.06 bits per heavy atom. The van der Waals surface area contributed by atoms with Gasteiger partial charge in [-0.05, 0) is 44.7 Å². The molecule has 0 radical (unpaired) electrons. The Balaban J connectivity index is 1.88. The molecular formula is C13H17Br2NOS. The zero-order valence-electron chi connectivity index (χ0n) is 10.5. The van der Waals surface area contributed by atoms with E-state index in [1.807, 2.05) is 0 Å². The van der Waals surface area contributed by atoms with Gasteiger partial charge in [0.2, 0.25) is 0 Å². The summed E-state index contributed by atoms with van der Waals surface area (Å²) in [6, 6.07) is 0. The highest BCUT2D eigenvalue weighted by atomic mass is 79.9. The predicted molar refractivity (Wildman–Crippen MR) is 84.4 cm³/mol. The average Bonchev–Trinajstić information content (AvgIpc) is 2.88. The van der Waals surface area contributed by atoms with Crippen molar-refractivity contribution in [2.75, 3.05) is 0 Å². The molecule has 0 fully saturated rings. The van der Waals surface area contributed by atoms with Crippen LogP contribution < -0.4 is 0 Å². The standard InChI is InChI=1S/C13H17Br2NOS/c1-2-3-4-5-6-7-8-9-10-11(17-16-9)13(15)18-12(10)14/h2-8H2,1H3. The summed E-state index contributed by atoms with van der Waals surface area (Å²) in [7, 11) is 0. The number of hydrogen-bond donors (Lipinski definition) is 0. The molecule has 0 amide bonds. The molecule has 0 saturated carbocycles. The summed E-state index contributed by atoms with van der Waals surface area (Å²) in [5, 5.41) is 5.34. The van der Waals surface area contributed by atoms with E-state index in [1.165, 1.54) is 38.5 Å². The third-order valence-corrected chi connectivity index (χ3v) is 5.56. The minimum atomic E-state index is 0.882. The van der Waals surface area contributed by atoms with Gasteiger partial charge in [0.15, 0.2) is 5.58 Å². The second-order valence-corrected chi connectivity index (χ2v) is 8.16. The van der Waals surface area contributed by atoms with E-state index in [2.05, 4.69) is 43.9 Å². The average molecular weight is 395 g/mol. The summed E-state index contributed by atoms with van der Waals surface area (Å²) in [6.07, 6.45) is 8.86. The van der Waals surface area contributed by atoms with Gasteiger partial charge in [-0.2, -0.15) is 0 Å². The summed E-state index contributed by atoms with van der Waals surface area (Å²) >= 11 is 8.73. The molecule has 0 aliphatic heterocycles. The number of halogens is 2. The quantitative estimate of drug-likeness (QED) is 0.513. The van der Waals surface area contributed by atoms with E-state index in [0.717, 1.165) is 30.7 Å². The number of aryl methyl sites for hydroxylation is 1. The maximum atomic E-state index is 5.38. The maximum absolute atomic E-state index is 5.38. The molecule has 0 aliphatic rings. The summed E-state index contributed by atoms with van der Waals surface area (Å²) in [6.45, 7) is 2.25. The summed E-state index contributed by atoms with van der Waals surface area (Å²) in [4.78, 5) is 0. The number of fused-ring (bicyclic) bond motifs is 1. The summed E-state index contributed by atoms with van der Waals surface area (Å²) in [5.41, 5.74) is 1.97. The highest BCUT2D eigenvalue weighted by Crippen LogP contribution is 2.41. The third-order valence-electron chi connectivity index (χ3n) is 3.08. The SMILES string of the molecule is CCCCCCCCc1noc2c(Br)sc(Br)c12. The van der Waals surface area contributed by atoms with Crippen LogP contribution in [-0.2, 0) is 6.42 Å². The van der Waals surface area contributed by atoms with E-state index in [9.17, 15) is 0 Å². The smallest absolute Gasteiger partial charge is 0.193 e. The lowest BCUT2D eigenvalue weighted by Crippen LogP contribution is -1.87. The van der Waals surface area contributed by atoms with E-state index < -0.39 is 0 Å². The Labute approximate surface area is 128 Å². The van der Waals surface area contributed by atoms with Crippen molar-refractivity contribution >= 4 is 54.2 Å². The van der Waals surface area contributed by atoms with Crippen molar-refractivity contribution in [1.82, 2.24) is 5.16 Å². The van der Waals surface area contributed by atoms with Gasteiger partial charge < -0.3 is 4.52 Å². The normalized spacial score (nSPS) is 11.5. The topological polar surface area (TPSA) is 26.0 Å². The lowest BCUT2D eigenvalue weighted by Gasteiger charge is -1.98. The Kier molecular flexibility index (Phi) is 5.70. The van der Waals surface area contributed by atoms with Crippen molar-refractivity contribution in [2.45, 2.75) is 51.9 Å². The fourth-order valence-corrected chi connectivity index (χ4v) is 5.08. The molecule has 2 heterocycles. The van der Waals surface area contributed by atoms with Gasteiger partial charge in [-0.15, -0.1) is 11.3 Å². The summed E-state index contributed by atoms with van der Waals surface area (Å²) < 4.78 is 7.52. The molecule has 18 heavy (non-hydrogen) atoms. The van der Waals surface area contributed by atoms with Crippen LogP contribution in [-0.4, -0.2) is 5.16 Å². The second-order valence-electron chi connectivity index (χ2n) is 4.50. The van der Waals surface area contributed by atoms with Gasteiger partial charge in [0.1, 0.15) is 3.79 Å². The molecule has 0 spiro atoms. The minimum Gasteiger partial charge on any atom is -0.354 e. The van der Waals surface area contributed by atoms with Crippen LogP contribution in [0, 0.1) is 0 Å². The molecule has 5 heteroatoms. The van der Waals surface area contributed by atoms with E-state index in [0.29, 0.717) is 0 Å². The molecule has 2 rings (SSSR count). The van der Waals surface area contributed by atoms with Crippen molar-refractivity contribution in [2.24, 2.45) is 0 Å². The zero-order chi connectivity index (χ0) is 13.0. The van der Waals surface area contributed by atoms with Crippen LogP contribution in [0.2, 0.25) is 0 Å².